The van der Waals surface area contributed by atoms with Crippen LogP contribution in [-0.4, -0.2) is 57.6 Å². The SMILES string of the molecule is CCCN(CC(=O)NC)S(=O)(=O)CCC1CCNCC1. The van der Waals surface area contributed by atoms with E-state index in [4.69, 9.17) is 0 Å². The van der Waals surface area contributed by atoms with Gasteiger partial charge in [0.15, 0.2) is 0 Å². The number of amides is 1. The Hall–Kier alpha value is -0.660. The predicted molar refractivity (Wildman–Crippen MR) is 79.9 cm³/mol. The van der Waals surface area contributed by atoms with Crippen LogP contribution in [0.1, 0.15) is 32.6 Å². The number of likely N-dealkylation sites (N-methyl/N-ethyl adjacent to an activating group) is 1. The highest BCUT2D eigenvalue weighted by molar-refractivity contribution is 7.89. The Morgan fingerprint density at radius 3 is 2.55 bits per heavy atom. The van der Waals surface area contributed by atoms with Crippen LogP contribution in [0, 0.1) is 5.92 Å². The van der Waals surface area contributed by atoms with Crippen molar-refractivity contribution in [2.75, 3.05) is 39.0 Å². The molecule has 1 saturated heterocycles. The summed E-state index contributed by atoms with van der Waals surface area (Å²) in [4.78, 5) is 11.4. The number of nitrogens with zero attached hydrogens (tertiary/aromatic N) is 1. The van der Waals surface area contributed by atoms with Crippen molar-refractivity contribution in [3.05, 3.63) is 0 Å². The molecule has 2 N–H and O–H groups in total. The maximum atomic E-state index is 12.3. The van der Waals surface area contributed by atoms with Gasteiger partial charge in [-0.1, -0.05) is 6.92 Å². The minimum atomic E-state index is -3.34. The normalized spacial score (nSPS) is 17.4. The Bertz CT molecular complexity index is 392. The third-order valence-corrected chi connectivity index (χ3v) is 5.56. The van der Waals surface area contributed by atoms with E-state index in [-0.39, 0.29) is 18.2 Å². The zero-order valence-electron chi connectivity index (χ0n) is 12.5. The Morgan fingerprint density at radius 2 is 2.00 bits per heavy atom. The van der Waals surface area contributed by atoms with Crippen LogP contribution in [0.5, 0.6) is 0 Å². The lowest BCUT2D eigenvalue weighted by Crippen LogP contribution is -2.41. The second-order valence-corrected chi connectivity index (χ2v) is 7.39. The maximum absolute atomic E-state index is 12.3. The first-order chi connectivity index (χ1) is 9.49. The molecule has 118 valence electrons. The quantitative estimate of drug-likeness (QED) is 0.670. The molecule has 0 saturated carbocycles. The van der Waals surface area contributed by atoms with Gasteiger partial charge in [0.05, 0.1) is 12.3 Å². The van der Waals surface area contributed by atoms with Gasteiger partial charge in [-0.2, -0.15) is 4.31 Å². The number of carbonyl (C=O) groups is 1. The molecule has 1 amide bonds. The monoisotopic (exact) mass is 305 g/mol. The Morgan fingerprint density at radius 1 is 1.35 bits per heavy atom. The van der Waals surface area contributed by atoms with Crippen LogP contribution in [0.4, 0.5) is 0 Å². The van der Waals surface area contributed by atoms with Crippen LogP contribution in [0.15, 0.2) is 0 Å². The van der Waals surface area contributed by atoms with Crippen molar-refractivity contribution >= 4 is 15.9 Å². The lowest BCUT2D eigenvalue weighted by molar-refractivity contribution is -0.120. The molecule has 0 unspecified atom stereocenters. The number of sulfonamides is 1. The molecule has 7 heteroatoms. The molecule has 0 bridgehead atoms. The number of carbonyl (C=O) groups excluding carboxylic acids is 1. The van der Waals surface area contributed by atoms with Gasteiger partial charge in [-0.15, -0.1) is 0 Å². The van der Waals surface area contributed by atoms with E-state index in [1.807, 2.05) is 6.92 Å². The third-order valence-electron chi connectivity index (χ3n) is 3.71. The van der Waals surface area contributed by atoms with Gasteiger partial charge in [0, 0.05) is 13.6 Å². The minimum absolute atomic E-state index is 0.0705. The zero-order chi connectivity index (χ0) is 15.0. The van der Waals surface area contributed by atoms with Gasteiger partial charge in [-0.3, -0.25) is 4.79 Å². The highest BCUT2D eigenvalue weighted by atomic mass is 32.2. The van der Waals surface area contributed by atoms with Crippen molar-refractivity contribution in [1.29, 1.82) is 0 Å². The first-order valence-corrected chi connectivity index (χ1v) is 8.99. The number of hydrogen-bond acceptors (Lipinski definition) is 4. The average Bonchev–Trinajstić information content (AvgIpc) is 2.45. The fourth-order valence-corrected chi connectivity index (χ4v) is 4.08. The summed E-state index contributed by atoms with van der Waals surface area (Å²) in [6, 6.07) is 0. The van der Waals surface area contributed by atoms with E-state index in [0.29, 0.717) is 25.3 Å². The van der Waals surface area contributed by atoms with Crippen molar-refractivity contribution in [3.8, 4) is 0 Å². The molecule has 1 rings (SSSR count). The van der Waals surface area contributed by atoms with E-state index < -0.39 is 10.0 Å². The highest BCUT2D eigenvalue weighted by Crippen LogP contribution is 2.18. The Balaban J connectivity index is 2.54. The maximum Gasteiger partial charge on any atom is 0.235 e. The van der Waals surface area contributed by atoms with E-state index in [1.165, 1.54) is 11.4 Å². The predicted octanol–water partition coefficient (Wildman–Crippen LogP) is 0.164. The number of nitrogens with one attached hydrogen (secondary N) is 2. The molecule has 0 aromatic heterocycles. The van der Waals surface area contributed by atoms with Crippen LogP contribution in [0.3, 0.4) is 0 Å². The molecule has 0 atom stereocenters. The summed E-state index contributed by atoms with van der Waals surface area (Å²) in [5, 5.41) is 5.75. The van der Waals surface area contributed by atoms with Crippen molar-refractivity contribution in [3.63, 3.8) is 0 Å². The summed E-state index contributed by atoms with van der Waals surface area (Å²) in [7, 11) is -1.82. The Labute approximate surface area is 122 Å². The average molecular weight is 305 g/mol. The van der Waals surface area contributed by atoms with Crippen LogP contribution in [0.25, 0.3) is 0 Å². The molecule has 1 aliphatic heterocycles. The van der Waals surface area contributed by atoms with E-state index in [9.17, 15) is 13.2 Å². The summed E-state index contributed by atoms with van der Waals surface area (Å²) in [6.45, 7) is 4.20. The van der Waals surface area contributed by atoms with Gasteiger partial charge in [-0.25, -0.2) is 8.42 Å². The second kappa shape index (κ2) is 8.59. The first-order valence-electron chi connectivity index (χ1n) is 7.38. The molecule has 0 radical (unpaired) electrons. The van der Waals surface area contributed by atoms with Gasteiger partial charge in [0.25, 0.3) is 0 Å². The largest absolute Gasteiger partial charge is 0.358 e. The van der Waals surface area contributed by atoms with Crippen molar-refractivity contribution < 1.29 is 13.2 Å². The summed E-state index contributed by atoms with van der Waals surface area (Å²) in [5.41, 5.74) is 0. The standard InChI is InChI=1S/C13H27N3O3S/c1-3-9-16(11-13(17)14-2)20(18,19)10-6-12-4-7-15-8-5-12/h12,15H,3-11H2,1-2H3,(H,14,17). The molecule has 0 spiro atoms. The summed E-state index contributed by atoms with van der Waals surface area (Å²) >= 11 is 0. The molecule has 20 heavy (non-hydrogen) atoms. The molecule has 1 aliphatic rings. The van der Waals surface area contributed by atoms with Crippen molar-refractivity contribution in [2.45, 2.75) is 32.6 Å². The van der Waals surface area contributed by atoms with E-state index in [1.54, 1.807) is 0 Å². The van der Waals surface area contributed by atoms with Crippen LogP contribution >= 0.6 is 0 Å². The lowest BCUT2D eigenvalue weighted by Gasteiger charge is -2.25. The molecular weight excluding hydrogens is 278 g/mol. The van der Waals surface area contributed by atoms with Gasteiger partial charge in [-0.05, 0) is 44.7 Å². The van der Waals surface area contributed by atoms with Gasteiger partial charge >= 0.3 is 0 Å². The fourth-order valence-electron chi connectivity index (χ4n) is 2.42. The van der Waals surface area contributed by atoms with Gasteiger partial charge in [0.2, 0.25) is 15.9 Å². The highest BCUT2D eigenvalue weighted by Gasteiger charge is 2.25. The topological polar surface area (TPSA) is 78.5 Å². The zero-order valence-corrected chi connectivity index (χ0v) is 13.3. The Kier molecular flexibility index (Phi) is 7.47. The van der Waals surface area contributed by atoms with E-state index in [0.717, 1.165) is 25.9 Å². The van der Waals surface area contributed by atoms with Crippen molar-refractivity contribution in [2.24, 2.45) is 5.92 Å². The minimum Gasteiger partial charge on any atom is -0.358 e. The third kappa shape index (κ3) is 5.76. The molecule has 1 fully saturated rings. The number of hydrogen-bond donors (Lipinski definition) is 2. The molecular formula is C13H27N3O3S. The van der Waals surface area contributed by atoms with Crippen LogP contribution < -0.4 is 10.6 Å². The molecule has 1 heterocycles. The summed E-state index contributed by atoms with van der Waals surface area (Å²) < 4.78 is 26.0. The fraction of sp³-hybridized carbons (Fsp3) is 0.923. The second-order valence-electron chi connectivity index (χ2n) is 5.30. The molecule has 0 aliphatic carbocycles. The van der Waals surface area contributed by atoms with Gasteiger partial charge in [0.1, 0.15) is 0 Å². The van der Waals surface area contributed by atoms with Crippen LogP contribution in [-0.2, 0) is 14.8 Å². The number of piperidine rings is 1. The van der Waals surface area contributed by atoms with Crippen LogP contribution in [0.2, 0.25) is 0 Å². The van der Waals surface area contributed by atoms with E-state index in [2.05, 4.69) is 10.6 Å². The lowest BCUT2D eigenvalue weighted by atomic mass is 9.96. The van der Waals surface area contributed by atoms with E-state index >= 15 is 0 Å². The van der Waals surface area contributed by atoms with Crippen molar-refractivity contribution in [1.82, 2.24) is 14.9 Å². The summed E-state index contributed by atoms with van der Waals surface area (Å²) in [6.07, 6.45) is 3.49. The smallest absolute Gasteiger partial charge is 0.235 e. The molecule has 0 aromatic carbocycles. The molecule has 6 nitrogen and oxygen atoms in total. The first kappa shape index (κ1) is 17.4. The molecule has 0 aromatic rings. The van der Waals surface area contributed by atoms with Gasteiger partial charge < -0.3 is 10.6 Å². The summed E-state index contributed by atoms with van der Waals surface area (Å²) in [5.74, 6) is 0.368. The number of rotatable bonds is 8.